The molecule has 1 unspecified atom stereocenters. The minimum Gasteiger partial charge on any atom is -0.367 e. The van der Waals surface area contributed by atoms with E-state index in [4.69, 9.17) is 4.74 Å². The number of aromatic nitrogens is 2. The average molecular weight is 300 g/mol. The Morgan fingerprint density at radius 3 is 2.73 bits per heavy atom. The quantitative estimate of drug-likeness (QED) is 0.799. The number of ether oxygens (including phenoxy) is 1. The summed E-state index contributed by atoms with van der Waals surface area (Å²) in [5.74, 6) is 0.506. The van der Waals surface area contributed by atoms with Gasteiger partial charge in [-0.15, -0.1) is 0 Å². The summed E-state index contributed by atoms with van der Waals surface area (Å²) in [7, 11) is 1.72. The van der Waals surface area contributed by atoms with Crippen LogP contribution in [0.25, 0.3) is 10.9 Å². The van der Waals surface area contributed by atoms with Crippen LogP contribution in [0.15, 0.2) is 16.9 Å². The van der Waals surface area contributed by atoms with Crippen molar-refractivity contribution in [2.24, 2.45) is 7.05 Å². The standard InChI is InChI=1S/C17H20N2O3/c1-10-8-12(11(2)20)14-13(9-10)15(21)19(4)16(18-14)17(3)6-5-7-22-17/h8-9H,5-7H2,1-4H3. The van der Waals surface area contributed by atoms with Gasteiger partial charge in [0, 0.05) is 19.2 Å². The van der Waals surface area contributed by atoms with Gasteiger partial charge < -0.3 is 4.74 Å². The van der Waals surface area contributed by atoms with Crippen molar-refractivity contribution in [3.8, 4) is 0 Å². The van der Waals surface area contributed by atoms with Crippen molar-refractivity contribution in [1.29, 1.82) is 0 Å². The lowest BCUT2D eigenvalue weighted by Gasteiger charge is -2.25. The predicted octanol–water partition coefficient (Wildman–Crippen LogP) is 2.47. The number of benzene rings is 1. The van der Waals surface area contributed by atoms with E-state index in [1.807, 2.05) is 13.8 Å². The van der Waals surface area contributed by atoms with E-state index in [1.54, 1.807) is 23.7 Å². The van der Waals surface area contributed by atoms with Crippen LogP contribution >= 0.6 is 0 Å². The van der Waals surface area contributed by atoms with Gasteiger partial charge in [-0.05, 0) is 51.3 Å². The average Bonchev–Trinajstić information content (AvgIpc) is 2.90. The second-order valence-corrected chi connectivity index (χ2v) is 6.25. The molecule has 0 spiro atoms. The predicted molar refractivity (Wildman–Crippen MR) is 84.3 cm³/mol. The van der Waals surface area contributed by atoms with E-state index >= 15 is 0 Å². The van der Waals surface area contributed by atoms with E-state index in [0.717, 1.165) is 18.4 Å². The molecule has 3 rings (SSSR count). The molecule has 0 radical (unpaired) electrons. The lowest BCUT2D eigenvalue weighted by Crippen LogP contribution is -2.33. The third-order valence-electron chi connectivity index (χ3n) is 4.40. The van der Waals surface area contributed by atoms with Crippen molar-refractivity contribution in [2.45, 2.75) is 39.2 Å². The number of ketones is 1. The monoisotopic (exact) mass is 300 g/mol. The fraction of sp³-hybridized carbons (Fsp3) is 0.471. The number of carbonyl (C=O) groups is 1. The summed E-state index contributed by atoms with van der Waals surface area (Å²) in [5.41, 5.74) is 1.15. The molecule has 0 aliphatic carbocycles. The van der Waals surface area contributed by atoms with E-state index in [-0.39, 0.29) is 11.3 Å². The van der Waals surface area contributed by atoms with E-state index in [2.05, 4.69) is 4.98 Å². The summed E-state index contributed by atoms with van der Waals surface area (Å²) >= 11 is 0. The molecular formula is C17H20N2O3. The normalized spacial score (nSPS) is 21.5. The van der Waals surface area contributed by atoms with Gasteiger partial charge in [-0.1, -0.05) is 0 Å². The minimum absolute atomic E-state index is 0.0853. The van der Waals surface area contributed by atoms with Crippen molar-refractivity contribution in [2.75, 3.05) is 6.61 Å². The van der Waals surface area contributed by atoms with Crippen molar-refractivity contribution in [3.63, 3.8) is 0 Å². The lowest BCUT2D eigenvalue weighted by atomic mass is 9.99. The summed E-state index contributed by atoms with van der Waals surface area (Å²) in [6.07, 6.45) is 1.76. The first-order chi connectivity index (χ1) is 10.3. The lowest BCUT2D eigenvalue weighted by molar-refractivity contribution is 0.00636. The zero-order valence-corrected chi connectivity index (χ0v) is 13.4. The highest BCUT2D eigenvalue weighted by atomic mass is 16.5. The van der Waals surface area contributed by atoms with Gasteiger partial charge in [-0.2, -0.15) is 0 Å². The number of hydrogen-bond donors (Lipinski definition) is 0. The van der Waals surface area contributed by atoms with Gasteiger partial charge in [-0.25, -0.2) is 4.98 Å². The third-order valence-corrected chi connectivity index (χ3v) is 4.40. The Bertz CT molecular complexity index is 830. The fourth-order valence-corrected chi connectivity index (χ4v) is 3.22. The maximum absolute atomic E-state index is 12.7. The minimum atomic E-state index is -0.568. The van der Waals surface area contributed by atoms with Crippen LogP contribution in [-0.4, -0.2) is 21.9 Å². The molecule has 1 atom stereocenters. The molecule has 1 aliphatic rings. The molecule has 0 N–H and O–H groups in total. The molecule has 0 saturated carbocycles. The van der Waals surface area contributed by atoms with Gasteiger partial charge >= 0.3 is 0 Å². The Morgan fingerprint density at radius 1 is 1.41 bits per heavy atom. The van der Waals surface area contributed by atoms with E-state index in [9.17, 15) is 9.59 Å². The van der Waals surface area contributed by atoms with Crippen LogP contribution in [0.3, 0.4) is 0 Å². The fourth-order valence-electron chi connectivity index (χ4n) is 3.22. The molecule has 0 bridgehead atoms. The Labute approximate surface area is 128 Å². The molecule has 1 saturated heterocycles. The summed E-state index contributed by atoms with van der Waals surface area (Å²) in [5, 5.41) is 0.484. The number of carbonyl (C=O) groups excluding carboxylic acids is 1. The number of hydrogen-bond acceptors (Lipinski definition) is 4. The molecule has 116 valence electrons. The summed E-state index contributed by atoms with van der Waals surface area (Å²) in [4.78, 5) is 29.3. The highest BCUT2D eigenvalue weighted by Crippen LogP contribution is 2.34. The Balaban J connectivity index is 2.40. The smallest absolute Gasteiger partial charge is 0.261 e. The van der Waals surface area contributed by atoms with Crippen molar-refractivity contribution >= 4 is 16.7 Å². The molecule has 2 aromatic rings. The molecule has 22 heavy (non-hydrogen) atoms. The van der Waals surface area contributed by atoms with E-state index < -0.39 is 5.60 Å². The largest absolute Gasteiger partial charge is 0.367 e. The number of rotatable bonds is 2. The SMILES string of the molecule is CC(=O)c1cc(C)cc2c(=O)n(C)c(C3(C)CCCO3)nc12. The van der Waals surface area contributed by atoms with Crippen molar-refractivity contribution in [1.82, 2.24) is 9.55 Å². The molecule has 1 fully saturated rings. The van der Waals surface area contributed by atoms with Crippen LogP contribution in [0.2, 0.25) is 0 Å². The van der Waals surface area contributed by atoms with E-state index in [1.165, 1.54) is 6.92 Å². The number of aryl methyl sites for hydroxylation is 1. The Kier molecular flexibility index (Phi) is 3.40. The van der Waals surface area contributed by atoms with Gasteiger partial charge in [0.2, 0.25) is 0 Å². The number of Topliss-reactive ketones (excluding diaryl/α,β-unsaturated/α-hetero) is 1. The van der Waals surface area contributed by atoms with Crippen LogP contribution in [0.4, 0.5) is 0 Å². The van der Waals surface area contributed by atoms with Crippen molar-refractivity contribution < 1.29 is 9.53 Å². The molecule has 2 heterocycles. The van der Waals surface area contributed by atoms with Crippen molar-refractivity contribution in [3.05, 3.63) is 39.4 Å². The zero-order chi connectivity index (χ0) is 16.1. The first kappa shape index (κ1) is 14.9. The summed E-state index contributed by atoms with van der Waals surface area (Å²) < 4.78 is 7.38. The maximum atomic E-state index is 12.7. The van der Waals surface area contributed by atoms with Crippen LogP contribution in [0.1, 0.15) is 48.4 Å². The van der Waals surface area contributed by atoms with Crippen LogP contribution in [0, 0.1) is 6.92 Å². The molecule has 1 aliphatic heterocycles. The summed E-state index contributed by atoms with van der Waals surface area (Å²) in [6, 6.07) is 3.58. The second-order valence-electron chi connectivity index (χ2n) is 6.25. The number of fused-ring (bicyclic) bond motifs is 1. The topological polar surface area (TPSA) is 61.2 Å². The Hall–Kier alpha value is -2.01. The number of nitrogens with zero attached hydrogens (tertiary/aromatic N) is 2. The Morgan fingerprint density at radius 2 is 2.14 bits per heavy atom. The molecule has 1 aromatic heterocycles. The molecule has 0 amide bonds. The maximum Gasteiger partial charge on any atom is 0.261 e. The molecular weight excluding hydrogens is 280 g/mol. The molecule has 5 heteroatoms. The second kappa shape index (κ2) is 5.02. The highest BCUT2D eigenvalue weighted by Gasteiger charge is 2.36. The van der Waals surface area contributed by atoms with Crippen LogP contribution in [0.5, 0.6) is 0 Å². The van der Waals surface area contributed by atoms with Gasteiger partial charge in [0.05, 0.1) is 10.9 Å². The van der Waals surface area contributed by atoms with Gasteiger partial charge in [0.25, 0.3) is 5.56 Å². The van der Waals surface area contributed by atoms with E-state index in [0.29, 0.717) is 28.9 Å². The first-order valence-electron chi connectivity index (χ1n) is 7.50. The third kappa shape index (κ3) is 2.16. The molecule has 1 aromatic carbocycles. The van der Waals surface area contributed by atoms with Gasteiger partial charge in [0.1, 0.15) is 11.4 Å². The van der Waals surface area contributed by atoms with Crippen LogP contribution in [-0.2, 0) is 17.4 Å². The van der Waals surface area contributed by atoms with Gasteiger partial charge in [0.15, 0.2) is 5.78 Å². The van der Waals surface area contributed by atoms with Gasteiger partial charge in [-0.3, -0.25) is 14.2 Å². The molecule has 5 nitrogen and oxygen atoms in total. The van der Waals surface area contributed by atoms with Crippen LogP contribution < -0.4 is 5.56 Å². The zero-order valence-electron chi connectivity index (χ0n) is 13.4. The highest BCUT2D eigenvalue weighted by molar-refractivity contribution is 6.05. The summed E-state index contributed by atoms with van der Waals surface area (Å²) in [6.45, 7) is 5.99. The first-order valence-corrected chi connectivity index (χ1v) is 7.50.